The lowest BCUT2D eigenvalue weighted by atomic mass is 10.0. The molecule has 1 aliphatic rings. The third-order valence-corrected chi connectivity index (χ3v) is 5.94. The van der Waals surface area contributed by atoms with Crippen molar-refractivity contribution in [2.24, 2.45) is 0 Å². The first-order valence-corrected chi connectivity index (χ1v) is 11.7. The molecule has 0 radical (unpaired) electrons. The van der Waals surface area contributed by atoms with Gasteiger partial charge in [-0.05, 0) is 37.1 Å². The summed E-state index contributed by atoms with van der Waals surface area (Å²) in [7, 11) is -4.96. The number of phosphoric acid groups is 1. The SMILES string of the molecule is Cc1cc2c(cc1C)N(C(=O)CF)c1c([nH]c(=O)[nH]c1=O)N2C[C@H](O)[C@H](O)[C@H](O)COP(=O)(O)O. The van der Waals surface area contributed by atoms with E-state index in [4.69, 9.17) is 9.79 Å². The quantitative estimate of drug-likeness (QED) is 0.209. The fourth-order valence-corrected chi connectivity index (χ4v) is 3.97. The van der Waals surface area contributed by atoms with E-state index in [-0.39, 0.29) is 17.2 Å². The molecule has 1 amide bonds. The topological polar surface area (TPSA) is 217 Å². The monoisotopic (exact) mass is 518 g/mol. The van der Waals surface area contributed by atoms with E-state index in [1.807, 2.05) is 4.98 Å². The van der Waals surface area contributed by atoms with Crippen LogP contribution in [0.2, 0.25) is 0 Å². The summed E-state index contributed by atoms with van der Waals surface area (Å²) in [4.78, 5) is 61.0. The lowest BCUT2D eigenvalue weighted by Gasteiger charge is -2.39. The smallest absolute Gasteiger partial charge is 0.388 e. The van der Waals surface area contributed by atoms with Crippen molar-refractivity contribution in [1.82, 2.24) is 9.97 Å². The number of aliphatic hydroxyl groups excluding tert-OH is 3. The molecule has 0 fully saturated rings. The highest BCUT2D eigenvalue weighted by Crippen LogP contribution is 2.46. The lowest BCUT2D eigenvalue weighted by Crippen LogP contribution is -2.48. The zero-order valence-corrected chi connectivity index (χ0v) is 19.4. The van der Waals surface area contributed by atoms with Crippen molar-refractivity contribution in [2.45, 2.75) is 32.2 Å². The first kappa shape index (κ1) is 26.7. The first-order valence-electron chi connectivity index (χ1n) is 10.1. The number of nitrogens with one attached hydrogen (secondary N) is 2. The van der Waals surface area contributed by atoms with Crippen molar-refractivity contribution in [2.75, 3.05) is 29.6 Å². The van der Waals surface area contributed by atoms with E-state index in [9.17, 15) is 38.7 Å². The highest BCUT2D eigenvalue weighted by molar-refractivity contribution is 7.46. The first-order chi connectivity index (χ1) is 16.2. The summed E-state index contributed by atoms with van der Waals surface area (Å²) in [5.74, 6) is -1.39. The van der Waals surface area contributed by atoms with Crippen LogP contribution in [0, 0.1) is 13.8 Å². The van der Waals surface area contributed by atoms with Crippen LogP contribution in [0.5, 0.6) is 0 Å². The summed E-state index contributed by atoms with van der Waals surface area (Å²) in [5, 5.41) is 30.8. The molecular weight excluding hydrogens is 494 g/mol. The zero-order chi connectivity index (χ0) is 26.2. The summed E-state index contributed by atoms with van der Waals surface area (Å²) >= 11 is 0. The molecule has 2 aromatic rings. The van der Waals surface area contributed by atoms with Crippen molar-refractivity contribution in [3.05, 3.63) is 44.1 Å². The number of phosphoric ester groups is 1. The van der Waals surface area contributed by atoms with Gasteiger partial charge in [-0.15, -0.1) is 0 Å². The van der Waals surface area contributed by atoms with E-state index in [1.54, 1.807) is 19.9 Å². The van der Waals surface area contributed by atoms with Crippen LogP contribution in [0.25, 0.3) is 0 Å². The number of alkyl halides is 1. The van der Waals surface area contributed by atoms with Crippen molar-refractivity contribution >= 4 is 36.6 Å². The largest absolute Gasteiger partial charge is 0.469 e. The van der Waals surface area contributed by atoms with Gasteiger partial charge in [0.05, 0.1) is 24.5 Å². The maximum atomic E-state index is 13.5. The minimum Gasteiger partial charge on any atom is -0.388 e. The second-order valence-electron chi connectivity index (χ2n) is 7.92. The molecule has 14 nitrogen and oxygen atoms in total. The number of amides is 1. The van der Waals surface area contributed by atoms with Crippen LogP contribution >= 0.6 is 7.82 Å². The van der Waals surface area contributed by atoms with E-state index in [1.165, 1.54) is 11.0 Å². The number of anilines is 4. The van der Waals surface area contributed by atoms with Crippen LogP contribution in [-0.2, 0) is 13.9 Å². The van der Waals surface area contributed by atoms with Gasteiger partial charge in [0.15, 0.2) is 12.4 Å². The van der Waals surface area contributed by atoms with Gasteiger partial charge in [-0.3, -0.25) is 29.0 Å². The molecule has 0 spiro atoms. The summed E-state index contributed by atoms with van der Waals surface area (Å²) in [6.45, 7) is 0.384. The van der Waals surface area contributed by atoms with Crippen LogP contribution in [0.3, 0.4) is 0 Å². The molecule has 0 aliphatic carbocycles. The fourth-order valence-electron chi connectivity index (χ4n) is 3.62. The van der Waals surface area contributed by atoms with Gasteiger partial charge in [0.1, 0.15) is 24.1 Å². The molecule has 35 heavy (non-hydrogen) atoms. The lowest BCUT2D eigenvalue weighted by molar-refractivity contribution is -0.118. The van der Waals surface area contributed by atoms with Crippen molar-refractivity contribution in [1.29, 1.82) is 0 Å². The van der Waals surface area contributed by atoms with E-state index < -0.39 is 68.8 Å². The number of carbonyl (C=O) groups excluding carboxylic acids is 1. The summed E-state index contributed by atoms with van der Waals surface area (Å²) in [6.07, 6.45) is -5.73. The van der Waals surface area contributed by atoms with Gasteiger partial charge in [0.2, 0.25) is 0 Å². The fraction of sp³-hybridized carbons (Fsp3) is 0.421. The molecular formula is C19H24FN4O10P. The Labute approximate surface area is 196 Å². The molecule has 2 heterocycles. The minimum absolute atomic E-state index is 0.0628. The molecule has 0 saturated carbocycles. The number of aromatic nitrogens is 2. The number of benzene rings is 1. The second kappa shape index (κ2) is 9.99. The maximum Gasteiger partial charge on any atom is 0.469 e. The third kappa shape index (κ3) is 5.51. The predicted octanol–water partition coefficient (Wildman–Crippen LogP) is -1.04. The number of fused-ring (bicyclic) bond motifs is 2. The molecule has 1 aliphatic heterocycles. The average Bonchev–Trinajstić information content (AvgIpc) is 2.77. The Morgan fingerprint density at radius 3 is 2.26 bits per heavy atom. The van der Waals surface area contributed by atoms with Crippen LogP contribution in [0.15, 0.2) is 21.7 Å². The Morgan fingerprint density at radius 1 is 1.09 bits per heavy atom. The number of aliphatic hydroxyl groups is 3. The Kier molecular flexibility index (Phi) is 7.62. The zero-order valence-electron chi connectivity index (χ0n) is 18.5. The number of hydrogen-bond acceptors (Lipinski definition) is 9. The Morgan fingerprint density at radius 2 is 1.69 bits per heavy atom. The van der Waals surface area contributed by atoms with Gasteiger partial charge >= 0.3 is 13.5 Å². The standard InChI is InChI=1S/C19H24FN4O10P/c1-8-3-10-11(4-9(8)2)24(14(27)5-20)15-17(21-19(30)22-18(15)29)23(10)6-12(25)16(28)13(26)7-34-35(31,32)33/h3-4,12-13,16,25-26,28H,5-7H2,1-2H3,(H2,31,32,33)(H2,21,22,29,30)/t12-,13+,16-/m0/s1. The van der Waals surface area contributed by atoms with Gasteiger partial charge in [-0.2, -0.15) is 0 Å². The van der Waals surface area contributed by atoms with Crippen LogP contribution < -0.4 is 21.0 Å². The van der Waals surface area contributed by atoms with Gasteiger partial charge in [-0.25, -0.2) is 13.8 Å². The van der Waals surface area contributed by atoms with E-state index in [2.05, 4.69) is 9.51 Å². The number of β-amino-alcohol motifs (C(OH)–C–C–N with tert-alkyl or cyclic N) is 1. The molecule has 16 heteroatoms. The predicted molar refractivity (Wildman–Crippen MR) is 120 cm³/mol. The Hall–Kier alpha value is -2.91. The average molecular weight is 518 g/mol. The molecule has 192 valence electrons. The highest BCUT2D eigenvalue weighted by atomic mass is 31.2. The highest BCUT2D eigenvalue weighted by Gasteiger charge is 2.38. The molecule has 3 atom stereocenters. The molecule has 0 bridgehead atoms. The summed E-state index contributed by atoms with van der Waals surface area (Å²) < 4.78 is 28.4. The van der Waals surface area contributed by atoms with Gasteiger partial charge in [0.25, 0.3) is 11.5 Å². The second-order valence-corrected chi connectivity index (χ2v) is 9.16. The van der Waals surface area contributed by atoms with Crippen LogP contribution in [0.4, 0.5) is 27.3 Å². The van der Waals surface area contributed by atoms with E-state index in [0.29, 0.717) is 11.1 Å². The minimum atomic E-state index is -4.96. The number of halogens is 1. The number of aromatic amines is 2. The normalized spacial score (nSPS) is 15.9. The summed E-state index contributed by atoms with van der Waals surface area (Å²) in [5.41, 5.74) is -0.829. The van der Waals surface area contributed by atoms with Crippen molar-refractivity contribution in [3.63, 3.8) is 0 Å². The van der Waals surface area contributed by atoms with Crippen molar-refractivity contribution < 1.29 is 43.4 Å². The van der Waals surface area contributed by atoms with E-state index in [0.717, 1.165) is 4.90 Å². The molecule has 7 N–H and O–H groups in total. The number of aryl methyl sites for hydroxylation is 2. The number of hydrogen-bond donors (Lipinski definition) is 7. The number of carbonyl (C=O) groups is 1. The number of nitrogens with zero attached hydrogens (tertiary/aromatic N) is 2. The third-order valence-electron chi connectivity index (χ3n) is 5.45. The molecule has 1 aromatic carbocycles. The Bertz CT molecular complexity index is 1290. The van der Waals surface area contributed by atoms with Gasteiger partial charge in [-0.1, -0.05) is 0 Å². The number of rotatable bonds is 8. The molecule has 0 unspecified atom stereocenters. The van der Waals surface area contributed by atoms with Crippen LogP contribution in [0.1, 0.15) is 11.1 Å². The number of H-pyrrole nitrogens is 2. The molecule has 0 saturated heterocycles. The molecule has 3 rings (SSSR count). The van der Waals surface area contributed by atoms with Gasteiger partial charge in [0, 0.05) is 0 Å². The summed E-state index contributed by atoms with van der Waals surface area (Å²) in [6, 6.07) is 3.06. The van der Waals surface area contributed by atoms with E-state index >= 15 is 0 Å². The van der Waals surface area contributed by atoms with Gasteiger partial charge < -0.3 is 30.0 Å². The Balaban J connectivity index is 2.10. The van der Waals surface area contributed by atoms with Crippen LogP contribution in [-0.4, -0.2) is 79.1 Å². The van der Waals surface area contributed by atoms with Crippen molar-refractivity contribution in [3.8, 4) is 0 Å². The molecule has 1 aromatic heterocycles. The maximum absolute atomic E-state index is 13.5.